The second-order valence-electron chi connectivity index (χ2n) is 4.11. The van der Waals surface area contributed by atoms with Crippen LogP contribution in [0.25, 0.3) is 0 Å². The molecule has 90 valence electrons. The van der Waals surface area contributed by atoms with E-state index in [0.717, 1.165) is 39.3 Å². The van der Waals surface area contributed by atoms with Crippen molar-refractivity contribution in [2.45, 2.75) is 25.5 Å². The first-order chi connectivity index (χ1) is 7.95. The number of aromatic nitrogens is 1. The van der Waals surface area contributed by atoms with Crippen molar-refractivity contribution >= 4 is 0 Å². The molecule has 0 radical (unpaired) electrons. The third-order valence-corrected chi connectivity index (χ3v) is 2.74. The zero-order valence-electron chi connectivity index (χ0n) is 9.58. The van der Waals surface area contributed by atoms with E-state index < -0.39 is 0 Å². The zero-order valence-corrected chi connectivity index (χ0v) is 9.58. The standard InChI is InChI=1S/C12H20N2O2/c1-2-12(16-6-1)10-15-7-5-14-9-11-3-4-13-8-11/h3-4,8,12-14H,1-2,5-7,9-10H2. The van der Waals surface area contributed by atoms with Crippen LogP contribution in [0.1, 0.15) is 18.4 Å². The van der Waals surface area contributed by atoms with Gasteiger partial charge in [0.15, 0.2) is 0 Å². The van der Waals surface area contributed by atoms with Gasteiger partial charge in [0.2, 0.25) is 0 Å². The van der Waals surface area contributed by atoms with Crippen LogP contribution in [0.3, 0.4) is 0 Å². The number of ether oxygens (including phenoxy) is 2. The molecule has 0 saturated carbocycles. The molecule has 16 heavy (non-hydrogen) atoms. The van der Waals surface area contributed by atoms with Crippen molar-refractivity contribution in [3.05, 3.63) is 24.0 Å². The third-order valence-electron chi connectivity index (χ3n) is 2.74. The SMILES string of the molecule is c1cc(CNCCOCC2CCCO2)c[nH]1. The van der Waals surface area contributed by atoms with Gasteiger partial charge in [-0.3, -0.25) is 0 Å². The van der Waals surface area contributed by atoms with Crippen molar-refractivity contribution in [2.24, 2.45) is 0 Å². The Labute approximate surface area is 96.3 Å². The summed E-state index contributed by atoms with van der Waals surface area (Å²) in [7, 11) is 0. The molecule has 1 fully saturated rings. The number of nitrogens with one attached hydrogen (secondary N) is 2. The number of rotatable bonds is 7. The Balaban J connectivity index is 1.43. The Hall–Kier alpha value is -0.840. The van der Waals surface area contributed by atoms with Crippen LogP contribution in [-0.4, -0.2) is 37.5 Å². The van der Waals surface area contributed by atoms with Crippen LogP contribution in [0.5, 0.6) is 0 Å². The highest BCUT2D eigenvalue weighted by Gasteiger charge is 2.14. The van der Waals surface area contributed by atoms with Crippen LogP contribution in [0.15, 0.2) is 18.5 Å². The first-order valence-corrected chi connectivity index (χ1v) is 5.97. The van der Waals surface area contributed by atoms with E-state index in [1.54, 1.807) is 0 Å². The molecule has 4 heteroatoms. The Morgan fingerprint density at radius 3 is 3.31 bits per heavy atom. The molecule has 1 aromatic heterocycles. The molecule has 1 aromatic rings. The summed E-state index contributed by atoms with van der Waals surface area (Å²) in [5, 5.41) is 3.33. The van der Waals surface area contributed by atoms with Gasteiger partial charge in [0.25, 0.3) is 0 Å². The molecule has 1 aliphatic rings. The Morgan fingerprint density at radius 1 is 1.56 bits per heavy atom. The molecule has 1 aliphatic heterocycles. The van der Waals surface area contributed by atoms with Gasteiger partial charge in [-0.05, 0) is 24.5 Å². The molecule has 0 spiro atoms. The predicted octanol–water partition coefficient (Wildman–Crippen LogP) is 1.30. The average molecular weight is 224 g/mol. The van der Waals surface area contributed by atoms with Gasteiger partial charge in [0, 0.05) is 32.1 Å². The van der Waals surface area contributed by atoms with Crippen molar-refractivity contribution < 1.29 is 9.47 Å². The maximum atomic E-state index is 5.54. The van der Waals surface area contributed by atoms with Crippen molar-refractivity contribution in [2.75, 3.05) is 26.4 Å². The van der Waals surface area contributed by atoms with E-state index in [1.165, 1.54) is 12.0 Å². The molecule has 0 aromatic carbocycles. The molecular weight excluding hydrogens is 204 g/mol. The Morgan fingerprint density at radius 2 is 2.56 bits per heavy atom. The van der Waals surface area contributed by atoms with Crippen molar-refractivity contribution in [1.82, 2.24) is 10.3 Å². The van der Waals surface area contributed by atoms with E-state index in [4.69, 9.17) is 9.47 Å². The van der Waals surface area contributed by atoms with Gasteiger partial charge >= 0.3 is 0 Å². The first-order valence-electron chi connectivity index (χ1n) is 5.97. The third kappa shape index (κ3) is 3.96. The lowest BCUT2D eigenvalue weighted by molar-refractivity contribution is 0.0183. The van der Waals surface area contributed by atoms with Crippen LogP contribution in [0.4, 0.5) is 0 Å². The highest BCUT2D eigenvalue weighted by Crippen LogP contribution is 2.11. The smallest absolute Gasteiger partial charge is 0.0809 e. The number of hydrogen-bond acceptors (Lipinski definition) is 3. The minimum atomic E-state index is 0.338. The second-order valence-corrected chi connectivity index (χ2v) is 4.11. The molecule has 2 heterocycles. The molecule has 1 saturated heterocycles. The lowest BCUT2D eigenvalue weighted by Crippen LogP contribution is -2.22. The summed E-state index contributed by atoms with van der Waals surface area (Å²) in [5.74, 6) is 0. The van der Waals surface area contributed by atoms with E-state index >= 15 is 0 Å². The van der Waals surface area contributed by atoms with Gasteiger partial charge in [-0.15, -0.1) is 0 Å². The maximum absolute atomic E-state index is 5.54. The largest absolute Gasteiger partial charge is 0.377 e. The van der Waals surface area contributed by atoms with Gasteiger partial charge in [-0.1, -0.05) is 0 Å². The minimum absolute atomic E-state index is 0.338. The number of H-pyrrole nitrogens is 1. The van der Waals surface area contributed by atoms with E-state index in [9.17, 15) is 0 Å². The summed E-state index contributed by atoms with van der Waals surface area (Å²) >= 11 is 0. The van der Waals surface area contributed by atoms with E-state index in [2.05, 4.69) is 16.4 Å². The number of hydrogen-bond donors (Lipinski definition) is 2. The van der Waals surface area contributed by atoms with Crippen molar-refractivity contribution in [3.63, 3.8) is 0 Å². The lowest BCUT2D eigenvalue weighted by atomic mass is 10.2. The van der Waals surface area contributed by atoms with Gasteiger partial charge in [-0.25, -0.2) is 0 Å². The highest BCUT2D eigenvalue weighted by atomic mass is 16.5. The fraction of sp³-hybridized carbons (Fsp3) is 0.667. The first kappa shape index (κ1) is 11.6. The van der Waals surface area contributed by atoms with Crippen LogP contribution < -0.4 is 5.32 Å². The summed E-state index contributed by atoms with van der Waals surface area (Å²) in [6.07, 6.45) is 6.60. The van der Waals surface area contributed by atoms with E-state index in [1.807, 2.05) is 12.4 Å². The summed E-state index contributed by atoms with van der Waals surface area (Å²) in [6.45, 7) is 4.18. The van der Waals surface area contributed by atoms with Crippen LogP contribution >= 0.6 is 0 Å². The predicted molar refractivity (Wildman–Crippen MR) is 62.3 cm³/mol. The van der Waals surface area contributed by atoms with E-state index in [0.29, 0.717) is 6.10 Å². The molecule has 2 rings (SSSR count). The second kappa shape index (κ2) is 6.68. The van der Waals surface area contributed by atoms with Crippen molar-refractivity contribution in [3.8, 4) is 0 Å². The van der Waals surface area contributed by atoms with Crippen LogP contribution in [0.2, 0.25) is 0 Å². The molecule has 4 nitrogen and oxygen atoms in total. The van der Waals surface area contributed by atoms with Gasteiger partial charge < -0.3 is 19.8 Å². The zero-order chi connectivity index (χ0) is 11.1. The average Bonchev–Trinajstić information content (AvgIpc) is 2.96. The Kier molecular flexibility index (Phi) is 4.86. The fourth-order valence-corrected chi connectivity index (χ4v) is 1.84. The summed E-state index contributed by atoms with van der Waals surface area (Å²) < 4.78 is 11.0. The van der Waals surface area contributed by atoms with Crippen LogP contribution in [-0.2, 0) is 16.0 Å². The number of aromatic amines is 1. The van der Waals surface area contributed by atoms with E-state index in [-0.39, 0.29) is 0 Å². The molecule has 2 N–H and O–H groups in total. The summed E-state index contributed by atoms with van der Waals surface area (Å²) in [6, 6.07) is 2.07. The fourth-order valence-electron chi connectivity index (χ4n) is 1.84. The summed E-state index contributed by atoms with van der Waals surface area (Å²) in [4.78, 5) is 3.03. The molecular formula is C12H20N2O2. The summed E-state index contributed by atoms with van der Waals surface area (Å²) in [5.41, 5.74) is 1.28. The molecule has 0 amide bonds. The molecule has 0 bridgehead atoms. The van der Waals surface area contributed by atoms with Crippen LogP contribution in [0, 0.1) is 0 Å². The van der Waals surface area contributed by atoms with Crippen molar-refractivity contribution in [1.29, 1.82) is 0 Å². The molecule has 1 atom stereocenters. The Bertz CT molecular complexity index is 269. The lowest BCUT2D eigenvalue weighted by Gasteiger charge is -2.10. The van der Waals surface area contributed by atoms with Gasteiger partial charge in [0.05, 0.1) is 19.3 Å². The maximum Gasteiger partial charge on any atom is 0.0809 e. The topological polar surface area (TPSA) is 46.3 Å². The minimum Gasteiger partial charge on any atom is -0.377 e. The monoisotopic (exact) mass is 224 g/mol. The van der Waals surface area contributed by atoms with Gasteiger partial charge in [-0.2, -0.15) is 0 Å². The highest BCUT2D eigenvalue weighted by molar-refractivity contribution is 5.07. The van der Waals surface area contributed by atoms with Gasteiger partial charge in [0.1, 0.15) is 0 Å². The normalized spacial score (nSPS) is 20.4. The quantitative estimate of drug-likeness (QED) is 0.686. The molecule has 0 aliphatic carbocycles. The molecule has 1 unspecified atom stereocenters.